The van der Waals surface area contributed by atoms with Gasteiger partial charge in [0.1, 0.15) is 0 Å². The lowest BCUT2D eigenvalue weighted by atomic mass is 9.89. The van der Waals surface area contributed by atoms with Crippen LogP contribution in [-0.2, 0) is 19.3 Å². The lowest BCUT2D eigenvalue weighted by Crippen LogP contribution is -1.92. The molecule has 0 saturated carbocycles. The molecule has 0 amide bonds. The third-order valence-electron chi connectivity index (χ3n) is 12.6. The summed E-state index contributed by atoms with van der Waals surface area (Å²) in [6.07, 6.45) is 45.7. The predicted molar refractivity (Wildman–Crippen MR) is 246 cm³/mol. The second kappa shape index (κ2) is 28.1. The minimum absolute atomic E-state index is 1.21. The summed E-state index contributed by atoms with van der Waals surface area (Å²) >= 11 is 0. The van der Waals surface area contributed by atoms with E-state index < -0.39 is 0 Å². The van der Waals surface area contributed by atoms with E-state index in [9.17, 15) is 0 Å². The summed E-state index contributed by atoms with van der Waals surface area (Å²) in [5.41, 5.74) is 4.58. The van der Waals surface area contributed by atoms with Crippen molar-refractivity contribution in [3.8, 4) is 0 Å². The lowest BCUT2D eigenvalue weighted by molar-refractivity contribution is 0.556. The summed E-state index contributed by atoms with van der Waals surface area (Å²) in [6.45, 7) is 6.94. The van der Waals surface area contributed by atoms with E-state index in [1.165, 1.54) is 261 Å². The minimum Gasteiger partial charge on any atom is -0.0654 e. The van der Waals surface area contributed by atoms with E-state index in [0.717, 1.165) is 0 Å². The average Bonchev–Trinajstić information content (AvgIpc) is 3.20. The molecule has 4 aromatic rings. The highest BCUT2D eigenvalue weighted by atomic mass is 14.2. The number of hydrogen-bond donors (Lipinski definition) is 0. The van der Waals surface area contributed by atoms with Crippen molar-refractivity contribution in [2.75, 3.05) is 0 Å². The van der Waals surface area contributed by atoms with Gasteiger partial charge in [0.15, 0.2) is 0 Å². The van der Waals surface area contributed by atoms with Gasteiger partial charge in [0.05, 0.1) is 0 Å². The Morgan fingerprint density at radius 2 is 0.426 bits per heavy atom. The van der Waals surface area contributed by atoms with Crippen molar-refractivity contribution >= 4 is 32.3 Å². The van der Waals surface area contributed by atoms with E-state index in [2.05, 4.69) is 75.4 Å². The van der Waals surface area contributed by atoms with Crippen molar-refractivity contribution in [1.82, 2.24) is 0 Å². The Morgan fingerprint density at radius 3 is 0.648 bits per heavy atom. The molecule has 0 heterocycles. The summed E-state index contributed by atoms with van der Waals surface area (Å²) in [4.78, 5) is 0. The van der Waals surface area contributed by atoms with Crippen LogP contribution in [0, 0.1) is 0 Å². The van der Waals surface area contributed by atoms with E-state index in [1.807, 2.05) is 0 Å². The van der Waals surface area contributed by atoms with Crippen molar-refractivity contribution in [2.24, 2.45) is 0 Å². The van der Waals surface area contributed by atoms with Crippen molar-refractivity contribution in [2.45, 2.75) is 233 Å². The molecule has 0 aliphatic rings. The zero-order valence-electron chi connectivity index (χ0n) is 36.0. The van der Waals surface area contributed by atoms with Crippen LogP contribution in [0.3, 0.4) is 0 Å². The highest BCUT2D eigenvalue weighted by Gasteiger charge is 2.12. The van der Waals surface area contributed by atoms with E-state index in [-0.39, 0.29) is 0 Å². The number of unbranched alkanes of at least 4 members (excludes halogenated alkanes) is 27. The molecule has 0 aromatic heterocycles. The maximum atomic E-state index is 2.57. The molecule has 0 heteroatoms. The normalized spacial score (nSPS) is 11.8. The molecular formula is C54H84. The number of hydrogen-bond acceptors (Lipinski definition) is 0. The third kappa shape index (κ3) is 16.4. The van der Waals surface area contributed by atoms with Gasteiger partial charge in [-0.1, -0.05) is 249 Å². The summed E-state index contributed by atoms with van der Waals surface area (Å²) in [5, 5.41) is 8.79. The third-order valence-corrected chi connectivity index (χ3v) is 12.6. The van der Waals surface area contributed by atoms with Crippen LogP contribution in [0.15, 0.2) is 54.6 Å². The quantitative estimate of drug-likeness (QED) is 0.0338. The molecule has 300 valence electrons. The molecule has 0 radical (unpaired) electrons. The first-order valence-electron chi connectivity index (χ1n) is 24.1. The van der Waals surface area contributed by atoms with Crippen LogP contribution < -0.4 is 0 Å². The molecule has 0 atom stereocenters. The van der Waals surface area contributed by atoms with Gasteiger partial charge in [-0.2, -0.15) is 0 Å². The molecule has 0 unspecified atom stereocenters. The number of aryl methyl sites for hydroxylation is 3. The Labute approximate surface area is 335 Å². The SMILES string of the molecule is CCCCCCCCCCCCc1ccc2c(c1)c1ccc(CCCCCCCCCCCC)cc1c1ccc(CCCCCCCCCCCC)cc21. The molecule has 54 heavy (non-hydrogen) atoms. The Hall–Kier alpha value is -2.34. The number of benzene rings is 4. The van der Waals surface area contributed by atoms with Crippen molar-refractivity contribution < 1.29 is 0 Å². The zero-order chi connectivity index (χ0) is 37.9. The lowest BCUT2D eigenvalue weighted by Gasteiger charge is -2.15. The molecule has 0 aliphatic heterocycles. The topological polar surface area (TPSA) is 0 Å². The van der Waals surface area contributed by atoms with Crippen LogP contribution in [-0.4, -0.2) is 0 Å². The van der Waals surface area contributed by atoms with Gasteiger partial charge >= 0.3 is 0 Å². The van der Waals surface area contributed by atoms with Crippen molar-refractivity contribution in [3.05, 3.63) is 71.3 Å². The van der Waals surface area contributed by atoms with E-state index in [4.69, 9.17) is 0 Å². The van der Waals surface area contributed by atoms with Gasteiger partial charge in [-0.15, -0.1) is 0 Å². The molecule has 0 fully saturated rings. The van der Waals surface area contributed by atoms with Crippen LogP contribution in [0.25, 0.3) is 32.3 Å². The summed E-state index contributed by atoms with van der Waals surface area (Å²) in [5.74, 6) is 0. The molecule has 0 aliphatic carbocycles. The van der Waals surface area contributed by atoms with Crippen LogP contribution in [0.1, 0.15) is 230 Å². The Bertz CT molecular complexity index is 1330. The van der Waals surface area contributed by atoms with Crippen LogP contribution >= 0.6 is 0 Å². The smallest absolute Gasteiger partial charge is 0.00962 e. The van der Waals surface area contributed by atoms with Crippen LogP contribution in [0.5, 0.6) is 0 Å². The number of fused-ring (bicyclic) bond motifs is 6. The highest BCUT2D eigenvalue weighted by Crippen LogP contribution is 2.37. The van der Waals surface area contributed by atoms with E-state index in [1.54, 1.807) is 0 Å². The summed E-state index contributed by atoms with van der Waals surface area (Å²) in [7, 11) is 0. The maximum Gasteiger partial charge on any atom is -0.00962 e. The molecule has 0 nitrogen and oxygen atoms in total. The van der Waals surface area contributed by atoms with Gasteiger partial charge in [-0.3, -0.25) is 0 Å². The van der Waals surface area contributed by atoms with E-state index in [0.29, 0.717) is 0 Å². The van der Waals surface area contributed by atoms with E-state index >= 15 is 0 Å². The second-order valence-electron chi connectivity index (χ2n) is 17.4. The maximum absolute atomic E-state index is 2.57. The van der Waals surface area contributed by atoms with Crippen LogP contribution in [0.4, 0.5) is 0 Å². The molecule has 4 aromatic carbocycles. The molecule has 0 N–H and O–H groups in total. The van der Waals surface area contributed by atoms with Gasteiger partial charge in [0.2, 0.25) is 0 Å². The van der Waals surface area contributed by atoms with Crippen molar-refractivity contribution in [3.63, 3.8) is 0 Å². The second-order valence-corrected chi connectivity index (χ2v) is 17.4. The standard InChI is InChI=1S/C54H84/c1-4-7-10-13-16-19-22-25-28-31-34-46-37-40-49-52(43-46)50-41-38-47(35-32-29-26-23-20-17-14-11-8-5-2)45-54(50)51-42-39-48(44-53(49)51)36-33-30-27-24-21-18-15-12-9-6-3/h37-45H,4-36H2,1-3H3. The largest absolute Gasteiger partial charge is 0.0654 e. The fourth-order valence-electron chi connectivity index (χ4n) is 9.06. The fraction of sp³-hybridized carbons (Fsp3) is 0.667. The average molecular weight is 733 g/mol. The fourth-order valence-corrected chi connectivity index (χ4v) is 9.06. The predicted octanol–water partition coefficient (Wildman–Crippen LogP) is 18.5. The van der Waals surface area contributed by atoms with Gasteiger partial charge in [0.25, 0.3) is 0 Å². The molecule has 0 bridgehead atoms. The van der Waals surface area contributed by atoms with Crippen molar-refractivity contribution in [1.29, 1.82) is 0 Å². The molecular weight excluding hydrogens is 649 g/mol. The molecule has 4 rings (SSSR count). The Kier molecular flexibility index (Phi) is 23.1. The van der Waals surface area contributed by atoms with Crippen LogP contribution in [0.2, 0.25) is 0 Å². The summed E-state index contributed by atoms with van der Waals surface area (Å²) < 4.78 is 0. The number of rotatable bonds is 33. The van der Waals surface area contributed by atoms with Gasteiger partial charge in [-0.25, -0.2) is 0 Å². The Morgan fingerprint density at radius 1 is 0.222 bits per heavy atom. The van der Waals surface area contributed by atoms with Gasteiger partial charge in [0, 0.05) is 0 Å². The zero-order valence-corrected chi connectivity index (χ0v) is 36.0. The first kappa shape index (κ1) is 44.4. The summed E-state index contributed by atoms with van der Waals surface area (Å²) in [6, 6.07) is 22.5. The highest BCUT2D eigenvalue weighted by molar-refractivity contribution is 6.25. The first-order valence-corrected chi connectivity index (χ1v) is 24.1. The molecule has 0 saturated heterocycles. The first-order chi connectivity index (χ1) is 26.7. The van der Waals surface area contributed by atoms with Gasteiger partial charge < -0.3 is 0 Å². The minimum atomic E-state index is 1.21. The van der Waals surface area contributed by atoms with Gasteiger partial charge in [-0.05, 0) is 87.5 Å². The monoisotopic (exact) mass is 733 g/mol. The Balaban J connectivity index is 1.39. The molecule has 0 spiro atoms.